The van der Waals surface area contributed by atoms with E-state index < -0.39 is 5.60 Å². The summed E-state index contributed by atoms with van der Waals surface area (Å²) in [6, 6.07) is 9.98. The van der Waals surface area contributed by atoms with Gasteiger partial charge < -0.3 is 15.4 Å². The van der Waals surface area contributed by atoms with E-state index in [1.165, 1.54) is 0 Å². The molecule has 1 aromatic carbocycles. The fourth-order valence-corrected chi connectivity index (χ4v) is 1.94. The number of ether oxygens (including phenoxy) is 1. The summed E-state index contributed by atoms with van der Waals surface area (Å²) in [5.41, 5.74) is 0.630. The molecule has 0 saturated carbocycles. The van der Waals surface area contributed by atoms with Crippen LogP contribution in [0, 0.1) is 0 Å². The maximum absolute atomic E-state index is 11.9. The fraction of sp³-hybridized carbons (Fsp3) is 0.562. The highest BCUT2D eigenvalue weighted by molar-refractivity contribution is 5.68. The molecule has 0 fully saturated rings. The van der Waals surface area contributed by atoms with Gasteiger partial charge in [0.15, 0.2) is 0 Å². The lowest BCUT2D eigenvalue weighted by Crippen LogP contribution is -2.35. The molecule has 0 bridgehead atoms. The summed E-state index contributed by atoms with van der Waals surface area (Å²) < 4.78 is 5.33. The second-order valence-electron chi connectivity index (χ2n) is 5.86. The highest BCUT2D eigenvalue weighted by Crippen LogP contribution is 2.19. The predicted octanol–water partition coefficient (Wildman–Crippen LogP) is 3.25. The van der Waals surface area contributed by atoms with Crippen molar-refractivity contribution in [2.45, 2.75) is 45.3 Å². The van der Waals surface area contributed by atoms with E-state index in [0.717, 1.165) is 24.9 Å². The van der Waals surface area contributed by atoms with Gasteiger partial charge in [-0.25, -0.2) is 4.79 Å². The van der Waals surface area contributed by atoms with Crippen molar-refractivity contribution in [3.05, 3.63) is 35.9 Å². The highest BCUT2D eigenvalue weighted by Gasteiger charge is 2.20. The Labute approximate surface area is 121 Å². The van der Waals surface area contributed by atoms with Crippen molar-refractivity contribution in [3.8, 4) is 0 Å². The molecule has 0 spiro atoms. The summed E-state index contributed by atoms with van der Waals surface area (Å²) in [7, 11) is 1.93. The Morgan fingerprint density at radius 1 is 1.25 bits per heavy atom. The first-order valence-corrected chi connectivity index (χ1v) is 7.11. The molecule has 0 aliphatic carbocycles. The second-order valence-corrected chi connectivity index (χ2v) is 5.86. The van der Waals surface area contributed by atoms with E-state index in [2.05, 4.69) is 10.6 Å². The summed E-state index contributed by atoms with van der Waals surface area (Å²) in [5.74, 6) is 0. The topological polar surface area (TPSA) is 50.4 Å². The van der Waals surface area contributed by atoms with Gasteiger partial charge in [0.1, 0.15) is 5.60 Å². The Morgan fingerprint density at radius 2 is 1.90 bits per heavy atom. The van der Waals surface area contributed by atoms with Crippen molar-refractivity contribution < 1.29 is 9.53 Å². The molecule has 4 nitrogen and oxygen atoms in total. The van der Waals surface area contributed by atoms with Crippen LogP contribution in [0.1, 0.15) is 45.2 Å². The first-order chi connectivity index (χ1) is 9.42. The average Bonchev–Trinajstić information content (AvgIpc) is 2.37. The zero-order valence-corrected chi connectivity index (χ0v) is 12.9. The molecule has 0 aliphatic heterocycles. The Bertz CT molecular complexity index is 399. The zero-order valence-electron chi connectivity index (χ0n) is 12.9. The Kier molecular flexibility index (Phi) is 6.52. The van der Waals surface area contributed by atoms with Gasteiger partial charge in [-0.3, -0.25) is 0 Å². The van der Waals surface area contributed by atoms with Crippen molar-refractivity contribution in [1.82, 2.24) is 10.6 Å². The Hall–Kier alpha value is -1.55. The van der Waals surface area contributed by atoms with Crippen molar-refractivity contribution in [1.29, 1.82) is 0 Å². The van der Waals surface area contributed by atoms with Crippen molar-refractivity contribution in [3.63, 3.8) is 0 Å². The van der Waals surface area contributed by atoms with E-state index in [0.29, 0.717) is 0 Å². The number of nitrogens with one attached hydrogen (secondary N) is 2. The lowest BCUT2D eigenvalue weighted by Gasteiger charge is -2.24. The molecule has 1 unspecified atom stereocenters. The molecular formula is C16H26N2O2. The summed E-state index contributed by atoms with van der Waals surface area (Å²) in [6.07, 6.45) is 1.51. The molecular weight excluding hydrogens is 252 g/mol. The van der Waals surface area contributed by atoms with Gasteiger partial charge in [0.2, 0.25) is 0 Å². The number of carbonyl (C=O) groups excluding carboxylic acids is 1. The van der Waals surface area contributed by atoms with Crippen LogP contribution in [0.5, 0.6) is 0 Å². The number of amides is 1. The maximum atomic E-state index is 11.9. The van der Waals surface area contributed by atoms with Gasteiger partial charge in [0.05, 0.1) is 6.04 Å². The van der Waals surface area contributed by atoms with Gasteiger partial charge >= 0.3 is 6.09 Å². The maximum Gasteiger partial charge on any atom is 0.408 e. The van der Waals surface area contributed by atoms with Crippen LogP contribution in [0.15, 0.2) is 30.3 Å². The fourth-order valence-electron chi connectivity index (χ4n) is 1.94. The number of hydrogen-bond acceptors (Lipinski definition) is 3. The van der Waals surface area contributed by atoms with Crippen LogP contribution < -0.4 is 10.6 Å². The largest absolute Gasteiger partial charge is 0.444 e. The summed E-state index contributed by atoms with van der Waals surface area (Å²) >= 11 is 0. The quantitative estimate of drug-likeness (QED) is 0.785. The van der Waals surface area contributed by atoms with Crippen LogP contribution in [0.2, 0.25) is 0 Å². The molecule has 4 heteroatoms. The van der Waals surface area contributed by atoms with Gasteiger partial charge in [0.25, 0.3) is 0 Å². The molecule has 20 heavy (non-hydrogen) atoms. The zero-order chi connectivity index (χ0) is 15.0. The molecule has 1 rings (SSSR count). The van der Waals surface area contributed by atoms with E-state index in [4.69, 9.17) is 4.74 Å². The van der Waals surface area contributed by atoms with E-state index in [1.54, 1.807) is 0 Å². The molecule has 1 atom stereocenters. The van der Waals surface area contributed by atoms with Gasteiger partial charge in [-0.05, 0) is 52.8 Å². The minimum atomic E-state index is -0.476. The highest BCUT2D eigenvalue weighted by atomic mass is 16.6. The Balaban J connectivity index is 2.65. The van der Waals surface area contributed by atoms with Crippen LogP contribution in [0.4, 0.5) is 4.79 Å². The van der Waals surface area contributed by atoms with Crippen LogP contribution in [-0.2, 0) is 4.74 Å². The third kappa shape index (κ3) is 6.57. The molecule has 0 aliphatic rings. The predicted molar refractivity (Wildman–Crippen MR) is 81.7 cm³/mol. The van der Waals surface area contributed by atoms with Crippen LogP contribution in [-0.4, -0.2) is 25.3 Å². The van der Waals surface area contributed by atoms with Crippen LogP contribution >= 0.6 is 0 Å². The smallest absolute Gasteiger partial charge is 0.408 e. The third-order valence-corrected chi connectivity index (χ3v) is 2.81. The van der Waals surface area contributed by atoms with Gasteiger partial charge in [0, 0.05) is 0 Å². The summed E-state index contributed by atoms with van der Waals surface area (Å²) in [4.78, 5) is 11.9. The number of hydrogen-bond donors (Lipinski definition) is 2. The normalized spacial score (nSPS) is 12.8. The second kappa shape index (κ2) is 7.90. The first kappa shape index (κ1) is 16.5. The molecule has 0 aromatic heterocycles. The van der Waals surface area contributed by atoms with E-state index >= 15 is 0 Å². The van der Waals surface area contributed by atoms with Crippen molar-refractivity contribution in [2.75, 3.05) is 13.6 Å². The first-order valence-electron chi connectivity index (χ1n) is 7.11. The monoisotopic (exact) mass is 278 g/mol. The lowest BCUT2D eigenvalue weighted by molar-refractivity contribution is 0.0500. The third-order valence-electron chi connectivity index (χ3n) is 2.81. The van der Waals surface area contributed by atoms with E-state index in [1.807, 2.05) is 58.2 Å². The average molecular weight is 278 g/mol. The molecule has 0 heterocycles. The molecule has 1 amide bonds. The molecule has 1 aromatic rings. The standard InChI is InChI=1S/C16H26N2O2/c1-16(2,3)20-15(19)18-14(11-8-12-17-4)13-9-6-5-7-10-13/h5-7,9-10,14,17H,8,11-12H2,1-4H3,(H,18,19). The molecule has 0 radical (unpaired) electrons. The Morgan fingerprint density at radius 3 is 2.45 bits per heavy atom. The van der Waals surface area contributed by atoms with Crippen LogP contribution in [0.25, 0.3) is 0 Å². The van der Waals surface area contributed by atoms with Crippen molar-refractivity contribution >= 4 is 6.09 Å². The molecule has 112 valence electrons. The van der Waals surface area contributed by atoms with E-state index in [-0.39, 0.29) is 12.1 Å². The molecule has 2 N–H and O–H groups in total. The number of rotatable bonds is 6. The van der Waals surface area contributed by atoms with Gasteiger partial charge in [-0.1, -0.05) is 30.3 Å². The van der Waals surface area contributed by atoms with Crippen LogP contribution in [0.3, 0.4) is 0 Å². The van der Waals surface area contributed by atoms with Gasteiger partial charge in [-0.15, -0.1) is 0 Å². The minimum Gasteiger partial charge on any atom is -0.444 e. The number of carbonyl (C=O) groups is 1. The lowest BCUT2D eigenvalue weighted by atomic mass is 10.0. The van der Waals surface area contributed by atoms with Gasteiger partial charge in [-0.2, -0.15) is 0 Å². The minimum absolute atomic E-state index is 0.0144. The number of alkyl carbamates (subject to hydrolysis) is 1. The van der Waals surface area contributed by atoms with E-state index in [9.17, 15) is 4.79 Å². The SMILES string of the molecule is CNCCCC(NC(=O)OC(C)(C)C)c1ccccc1. The summed E-state index contributed by atoms with van der Waals surface area (Å²) in [6.45, 7) is 6.53. The molecule has 0 saturated heterocycles. The number of benzene rings is 1. The summed E-state index contributed by atoms with van der Waals surface area (Å²) in [5, 5.41) is 6.08. The van der Waals surface area contributed by atoms with Crippen molar-refractivity contribution in [2.24, 2.45) is 0 Å².